The third-order valence-corrected chi connectivity index (χ3v) is 6.21. The summed E-state index contributed by atoms with van der Waals surface area (Å²) in [5.74, 6) is 1.23. The summed E-state index contributed by atoms with van der Waals surface area (Å²) in [6.45, 7) is 7.85. The fraction of sp³-hybridized carbons (Fsp3) is 0.476. The van der Waals surface area contributed by atoms with Gasteiger partial charge in [0.2, 0.25) is 5.91 Å². The first-order valence-corrected chi connectivity index (χ1v) is 10.1. The van der Waals surface area contributed by atoms with Crippen LogP contribution < -0.4 is 10.1 Å². The molecule has 2 atom stereocenters. The Hall–Kier alpha value is -1.85. The van der Waals surface area contributed by atoms with Crippen LogP contribution in [0.4, 0.5) is 0 Å². The van der Waals surface area contributed by atoms with Crippen LogP contribution in [-0.4, -0.2) is 31.0 Å². The third kappa shape index (κ3) is 4.10. The molecule has 2 heterocycles. The molecule has 5 heteroatoms. The molecule has 4 nitrogen and oxygen atoms in total. The lowest BCUT2D eigenvalue weighted by atomic mass is 9.95. The van der Waals surface area contributed by atoms with Crippen LogP contribution in [0.5, 0.6) is 5.75 Å². The summed E-state index contributed by atoms with van der Waals surface area (Å²) in [7, 11) is 1.66. The highest BCUT2D eigenvalue weighted by atomic mass is 32.1. The topological polar surface area (TPSA) is 41.6 Å². The van der Waals surface area contributed by atoms with E-state index in [0.29, 0.717) is 18.5 Å². The van der Waals surface area contributed by atoms with E-state index in [4.69, 9.17) is 4.74 Å². The van der Waals surface area contributed by atoms with Crippen LogP contribution >= 0.6 is 11.3 Å². The minimum absolute atomic E-state index is 0.00483. The van der Waals surface area contributed by atoms with E-state index < -0.39 is 0 Å². The summed E-state index contributed by atoms with van der Waals surface area (Å²) in [6, 6.07) is 10.5. The molecule has 0 aliphatic carbocycles. The van der Waals surface area contributed by atoms with Gasteiger partial charge in [0, 0.05) is 17.5 Å². The molecule has 1 aromatic heterocycles. The largest absolute Gasteiger partial charge is 0.497 e. The third-order valence-electron chi connectivity index (χ3n) is 5.21. The van der Waals surface area contributed by atoms with Crippen LogP contribution in [0.15, 0.2) is 35.7 Å². The molecule has 2 aromatic rings. The second-order valence-electron chi connectivity index (χ2n) is 7.26. The first-order valence-electron chi connectivity index (χ1n) is 9.23. The van der Waals surface area contributed by atoms with Crippen LogP contribution in [0.25, 0.3) is 0 Å². The summed E-state index contributed by atoms with van der Waals surface area (Å²) in [4.78, 5) is 16.5. The van der Waals surface area contributed by atoms with E-state index >= 15 is 0 Å². The molecule has 0 saturated carbocycles. The molecule has 0 saturated heterocycles. The van der Waals surface area contributed by atoms with E-state index in [-0.39, 0.29) is 11.9 Å². The van der Waals surface area contributed by atoms with Crippen LogP contribution in [0.2, 0.25) is 0 Å². The van der Waals surface area contributed by atoms with E-state index in [9.17, 15) is 4.79 Å². The number of benzene rings is 1. The van der Waals surface area contributed by atoms with Gasteiger partial charge in [-0.3, -0.25) is 9.69 Å². The number of ether oxygens (including phenoxy) is 1. The van der Waals surface area contributed by atoms with Crippen molar-refractivity contribution in [2.24, 2.45) is 5.92 Å². The number of methoxy groups -OCH3 is 1. The maximum Gasteiger partial charge on any atom is 0.234 e. The number of nitrogens with one attached hydrogen (secondary N) is 1. The number of carbonyl (C=O) groups excluding carboxylic acids is 1. The number of rotatable bonds is 6. The molecule has 1 N–H and O–H groups in total. The van der Waals surface area contributed by atoms with Crippen molar-refractivity contribution >= 4 is 17.2 Å². The summed E-state index contributed by atoms with van der Waals surface area (Å²) in [5, 5.41) is 5.39. The van der Waals surface area contributed by atoms with E-state index in [2.05, 4.69) is 42.4 Å². The van der Waals surface area contributed by atoms with Gasteiger partial charge in [-0.1, -0.05) is 26.0 Å². The van der Waals surface area contributed by atoms with Gasteiger partial charge in [-0.25, -0.2) is 0 Å². The Morgan fingerprint density at radius 1 is 1.31 bits per heavy atom. The lowest BCUT2D eigenvalue weighted by Gasteiger charge is -2.33. The maximum absolute atomic E-state index is 12.7. The fourth-order valence-corrected chi connectivity index (χ4v) is 4.59. The average molecular weight is 373 g/mol. The lowest BCUT2D eigenvalue weighted by molar-refractivity contribution is -0.124. The molecule has 1 aromatic carbocycles. The normalized spacial score (nSPS) is 18.4. The first-order chi connectivity index (χ1) is 12.5. The van der Waals surface area contributed by atoms with Gasteiger partial charge >= 0.3 is 0 Å². The molecule has 0 bridgehead atoms. The molecule has 0 spiro atoms. The molecule has 3 rings (SSSR count). The first kappa shape index (κ1) is 18.9. The van der Waals surface area contributed by atoms with Crippen molar-refractivity contribution in [3.63, 3.8) is 0 Å². The van der Waals surface area contributed by atoms with Crippen LogP contribution in [0, 0.1) is 5.92 Å². The highest BCUT2D eigenvalue weighted by Crippen LogP contribution is 2.32. The molecule has 1 aliphatic rings. The number of hydrogen-bond acceptors (Lipinski definition) is 4. The van der Waals surface area contributed by atoms with Gasteiger partial charge in [0.25, 0.3) is 0 Å². The molecule has 1 aliphatic heterocycles. The Labute approximate surface area is 160 Å². The Balaban J connectivity index is 1.65. The van der Waals surface area contributed by atoms with Crippen molar-refractivity contribution in [3.05, 3.63) is 51.7 Å². The zero-order valence-corrected chi connectivity index (χ0v) is 16.8. The second-order valence-corrected chi connectivity index (χ2v) is 8.26. The van der Waals surface area contributed by atoms with Gasteiger partial charge in [0.05, 0.1) is 19.7 Å². The zero-order valence-electron chi connectivity index (χ0n) is 16.0. The Kier molecular flexibility index (Phi) is 5.99. The monoisotopic (exact) mass is 372 g/mol. The molecular formula is C21H28N2O2S. The zero-order chi connectivity index (χ0) is 18.7. The lowest BCUT2D eigenvalue weighted by Crippen LogP contribution is -2.43. The Bertz CT molecular complexity index is 739. The predicted molar refractivity (Wildman–Crippen MR) is 107 cm³/mol. The van der Waals surface area contributed by atoms with E-state index in [1.165, 1.54) is 10.4 Å². The van der Waals surface area contributed by atoms with Crippen molar-refractivity contribution < 1.29 is 9.53 Å². The van der Waals surface area contributed by atoms with Crippen LogP contribution in [-0.2, 0) is 11.2 Å². The van der Waals surface area contributed by atoms with Crippen molar-refractivity contribution in [3.8, 4) is 5.75 Å². The number of amides is 1. The smallest absolute Gasteiger partial charge is 0.234 e. The maximum atomic E-state index is 12.7. The summed E-state index contributed by atoms with van der Waals surface area (Å²) in [5.41, 5.74) is 2.49. The van der Waals surface area contributed by atoms with Crippen molar-refractivity contribution in [1.29, 1.82) is 0 Å². The molecule has 0 fully saturated rings. The highest BCUT2D eigenvalue weighted by Gasteiger charge is 2.27. The van der Waals surface area contributed by atoms with Gasteiger partial charge in [-0.05, 0) is 54.0 Å². The molecule has 0 radical (unpaired) electrons. The average Bonchev–Trinajstić information content (AvgIpc) is 3.11. The number of hydrogen-bond donors (Lipinski definition) is 1. The van der Waals surface area contributed by atoms with Gasteiger partial charge in [-0.2, -0.15) is 0 Å². The van der Waals surface area contributed by atoms with Gasteiger partial charge in [0.15, 0.2) is 0 Å². The van der Waals surface area contributed by atoms with E-state index in [1.807, 2.05) is 35.6 Å². The van der Waals surface area contributed by atoms with E-state index in [0.717, 1.165) is 24.3 Å². The number of thiophene rings is 1. The Morgan fingerprint density at radius 3 is 2.69 bits per heavy atom. The summed E-state index contributed by atoms with van der Waals surface area (Å²) in [6.07, 6.45) is 1.04. The van der Waals surface area contributed by atoms with Gasteiger partial charge in [0.1, 0.15) is 5.75 Å². The van der Waals surface area contributed by atoms with E-state index in [1.54, 1.807) is 7.11 Å². The predicted octanol–water partition coefficient (Wildman–Crippen LogP) is 4.19. The minimum Gasteiger partial charge on any atom is -0.497 e. The minimum atomic E-state index is 0.00483. The highest BCUT2D eigenvalue weighted by molar-refractivity contribution is 7.10. The SMILES string of the molecule is COc1ccc(C(NC(=O)CN2CCc3sccc3C2C)C(C)C)cc1. The number of carbonyl (C=O) groups is 1. The van der Waals surface area contributed by atoms with Crippen molar-refractivity contribution in [2.45, 2.75) is 39.3 Å². The van der Waals surface area contributed by atoms with Crippen LogP contribution in [0.3, 0.4) is 0 Å². The molecule has 26 heavy (non-hydrogen) atoms. The van der Waals surface area contributed by atoms with Gasteiger partial charge < -0.3 is 10.1 Å². The fourth-order valence-electron chi connectivity index (χ4n) is 3.63. The van der Waals surface area contributed by atoms with Crippen LogP contribution in [0.1, 0.15) is 48.9 Å². The van der Waals surface area contributed by atoms with Crippen molar-refractivity contribution in [1.82, 2.24) is 10.2 Å². The number of nitrogens with zero attached hydrogens (tertiary/aromatic N) is 1. The second kappa shape index (κ2) is 8.23. The van der Waals surface area contributed by atoms with Crippen molar-refractivity contribution in [2.75, 3.05) is 20.2 Å². The standard InChI is InChI=1S/C21H28N2O2S/c1-14(2)21(16-5-7-17(25-4)8-6-16)22-20(24)13-23-11-9-19-18(15(23)3)10-12-26-19/h5-8,10,12,14-15,21H,9,11,13H2,1-4H3,(H,22,24). The Morgan fingerprint density at radius 2 is 2.04 bits per heavy atom. The summed E-state index contributed by atoms with van der Waals surface area (Å²) < 4.78 is 5.23. The number of fused-ring (bicyclic) bond motifs is 1. The molecule has 140 valence electrons. The quantitative estimate of drug-likeness (QED) is 0.827. The van der Waals surface area contributed by atoms with Gasteiger partial charge in [-0.15, -0.1) is 11.3 Å². The summed E-state index contributed by atoms with van der Waals surface area (Å²) >= 11 is 1.83. The molecule has 1 amide bonds. The molecular weight excluding hydrogens is 344 g/mol. The molecule has 2 unspecified atom stereocenters.